The van der Waals surface area contributed by atoms with Crippen molar-refractivity contribution in [3.63, 3.8) is 0 Å². The lowest BCUT2D eigenvalue weighted by Gasteiger charge is -2.36. The lowest BCUT2D eigenvalue weighted by atomic mass is 9.69. The van der Waals surface area contributed by atoms with Gasteiger partial charge in [0.1, 0.15) is 0 Å². The highest BCUT2D eigenvalue weighted by Crippen LogP contribution is 2.40. The Balaban J connectivity index is 1.60. The zero-order valence-electron chi connectivity index (χ0n) is 15.2. The molecule has 27 heavy (non-hydrogen) atoms. The van der Waals surface area contributed by atoms with Gasteiger partial charge in [0.15, 0.2) is 0 Å². The Labute approximate surface area is 164 Å². The predicted molar refractivity (Wildman–Crippen MR) is 111 cm³/mol. The Hall–Kier alpha value is -2.39. The van der Waals surface area contributed by atoms with E-state index in [2.05, 4.69) is 16.4 Å². The lowest BCUT2D eigenvalue weighted by molar-refractivity contribution is -0.127. The van der Waals surface area contributed by atoms with Crippen molar-refractivity contribution in [2.45, 2.75) is 38.5 Å². The van der Waals surface area contributed by atoms with Crippen LogP contribution in [-0.2, 0) is 11.2 Å². The van der Waals surface area contributed by atoms with Gasteiger partial charge in [-0.2, -0.15) is 0 Å². The fourth-order valence-electron chi connectivity index (χ4n) is 4.15. The van der Waals surface area contributed by atoms with E-state index in [1.807, 2.05) is 48.5 Å². The van der Waals surface area contributed by atoms with Gasteiger partial charge in [0, 0.05) is 10.4 Å². The van der Waals surface area contributed by atoms with Gasteiger partial charge < -0.3 is 5.32 Å². The molecule has 2 aromatic carbocycles. The normalized spacial score (nSPS) is 16.2. The molecule has 1 N–H and O–H groups in total. The summed E-state index contributed by atoms with van der Waals surface area (Å²) in [6.07, 6.45) is 7.66. The third kappa shape index (κ3) is 3.98. The molecule has 1 aromatic heterocycles. The maximum Gasteiger partial charge on any atom is 0.230 e. The van der Waals surface area contributed by atoms with Gasteiger partial charge in [-0.3, -0.25) is 9.78 Å². The zero-order valence-corrected chi connectivity index (χ0v) is 16.0. The lowest BCUT2D eigenvalue weighted by Crippen LogP contribution is -2.40. The second kappa shape index (κ2) is 7.69. The largest absolute Gasteiger partial charge is 0.324 e. The Bertz CT molecular complexity index is 963. The van der Waals surface area contributed by atoms with Crippen molar-refractivity contribution in [2.75, 3.05) is 5.32 Å². The fraction of sp³-hybridized carbons (Fsp3) is 0.304. The van der Waals surface area contributed by atoms with Gasteiger partial charge >= 0.3 is 0 Å². The van der Waals surface area contributed by atoms with Crippen LogP contribution in [0.15, 0.2) is 60.8 Å². The van der Waals surface area contributed by atoms with E-state index in [9.17, 15) is 4.79 Å². The second-order valence-corrected chi connectivity index (χ2v) is 7.95. The molecule has 0 aliphatic heterocycles. The summed E-state index contributed by atoms with van der Waals surface area (Å²) in [7, 11) is 0. The maximum absolute atomic E-state index is 13.3. The molecule has 0 atom stereocenters. The van der Waals surface area contributed by atoms with Crippen LogP contribution in [0, 0.1) is 5.41 Å². The molecular formula is C23H23ClN2O. The highest BCUT2D eigenvalue weighted by atomic mass is 35.5. The topological polar surface area (TPSA) is 42.0 Å². The zero-order chi connectivity index (χ0) is 18.7. The fourth-order valence-corrected chi connectivity index (χ4v) is 4.37. The quantitative estimate of drug-likeness (QED) is 0.603. The smallest absolute Gasteiger partial charge is 0.230 e. The van der Waals surface area contributed by atoms with E-state index in [1.54, 1.807) is 6.20 Å². The Morgan fingerprint density at radius 2 is 1.85 bits per heavy atom. The summed E-state index contributed by atoms with van der Waals surface area (Å²) >= 11 is 6.16. The van der Waals surface area contributed by atoms with Gasteiger partial charge in [-0.15, -0.1) is 0 Å². The number of fused-ring (bicyclic) bond motifs is 1. The van der Waals surface area contributed by atoms with Gasteiger partial charge in [-0.1, -0.05) is 61.2 Å². The van der Waals surface area contributed by atoms with E-state index in [0.717, 1.165) is 59.3 Å². The molecule has 1 saturated carbocycles. The van der Waals surface area contributed by atoms with Crippen LogP contribution in [0.2, 0.25) is 5.02 Å². The Morgan fingerprint density at radius 1 is 1.04 bits per heavy atom. The number of carbonyl (C=O) groups is 1. The van der Waals surface area contributed by atoms with Gasteiger partial charge in [0.2, 0.25) is 5.91 Å². The van der Waals surface area contributed by atoms with Crippen LogP contribution >= 0.6 is 11.6 Å². The number of pyridine rings is 1. The highest BCUT2D eigenvalue weighted by molar-refractivity contribution is 6.30. The monoisotopic (exact) mass is 378 g/mol. The molecule has 1 fully saturated rings. The summed E-state index contributed by atoms with van der Waals surface area (Å²) in [6.45, 7) is 0. The summed E-state index contributed by atoms with van der Waals surface area (Å²) in [6, 6.07) is 17.8. The molecule has 0 spiro atoms. The third-order valence-corrected chi connectivity index (χ3v) is 5.81. The van der Waals surface area contributed by atoms with Gasteiger partial charge in [-0.25, -0.2) is 0 Å². The average molecular weight is 379 g/mol. The summed E-state index contributed by atoms with van der Waals surface area (Å²) in [4.78, 5) is 17.8. The molecule has 1 aliphatic rings. The molecular weight excluding hydrogens is 356 g/mol. The number of hydrogen-bond donors (Lipinski definition) is 1. The van der Waals surface area contributed by atoms with Crippen LogP contribution in [0.3, 0.4) is 0 Å². The number of para-hydroxylation sites is 1. The first kappa shape index (κ1) is 18.0. The van der Waals surface area contributed by atoms with E-state index < -0.39 is 0 Å². The van der Waals surface area contributed by atoms with Crippen LogP contribution in [0.5, 0.6) is 0 Å². The van der Waals surface area contributed by atoms with Gasteiger partial charge in [0.05, 0.1) is 22.8 Å². The van der Waals surface area contributed by atoms with E-state index in [-0.39, 0.29) is 11.3 Å². The van der Waals surface area contributed by atoms with Crippen LogP contribution in [0.1, 0.15) is 37.7 Å². The second-order valence-electron chi connectivity index (χ2n) is 7.52. The number of nitrogens with zero attached hydrogens (tertiary/aromatic N) is 1. The van der Waals surface area contributed by atoms with Crippen LogP contribution < -0.4 is 5.32 Å². The molecule has 0 radical (unpaired) electrons. The average Bonchev–Trinajstić information content (AvgIpc) is 2.68. The summed E-state index contributed by atoms with van der Waals surface area (Å²) in [5.41, 5.74) is 2.43. The van der Waals surface area contributed by atoms with Crippen molar-refractivity contribution in [3.8, 4) is 0 Å². The number of carbonyl (C=O) groups excluding carboxylic acids is 1. The maximum atomic E-state index is 13.3. The molecule has 1 heterocycles. The van der Waals surface area contributed by atoms with Crippen molar-refractivity contribution in [2.24, 2.45) is 5.41 Å². The van der Waals surface area contributed by atoms with Crippen molar-refractivity contribution in [1.82, 2.24) is 4.98 Å². The SMILES string of the molecule is O=C(Nc1cnc2ccccc2c1)C1(Cc2cccc(Cl)c2)CCCCC1. The number of aromatic nitrogens is 1. The Kier molecular flexibility index (Phi) is 5.13. The number of amides is 1. The number of anilines is 1. The molecule has 0 saturated heterocycles. The minimum absolute atomic E-state index is 0.0965. The predicted octanol–water partition coefficient (Wildman–Crippen LogP) is 6.02. The van der Waals surface area contributed by atoms with Crippen LogP contribution in [0.4, 0.5) is 5.69 Å². The molecule has 1 amide bonds. The molecule has 4 rings (SSSR count). The first-order chi connectivity index (χ1) is 13.1. The molecule has 3 nitrogen and oxygen atoms in total. The van der Waals surface area contributed by atoms with Crippen molar-refractivity contribution in [1.29, 1.82) is 0 Å². The van der Waals surface area contributed by atoms with Crippen molar-refractivity contribution in [3.05, 3.63) is 71.4 Å². The molecule has 0 unspecified atom stereocenters. The molecule has 4 heteroatoms. The first-order valence-corrected chi connectivity index (χ1v) is 9.93. The van der Waals surface area contributed by atoms with E-state index >= 15 is 0 Å². The van der Waals surface area contributed by atoms with Gasteiger partial charge in [-0.05, 0) is 49.1 Å². The summed E-state index contributed by atoms with van der Waals surface area (Å²) in [5.74, 6) is 0.0965. The molecule has 1 aliphatic carbocycles. The molecule has 3 aromatic rings. The van der Waals surface area contributed by atoms with Crippen molar-refractivity contribution < 1.29 is 4.79 Å². The molecule has 0 bridgehead atoms. The van der Waals surface area contributed by atoms with Crippen LogP contribution in [-0.4, -0.2) is 10.9 Å². The summed E-state index contributed by atoms with van der Waals surface area (Å²) in [5, 5.41) is 4.90. The number of halogens is 1. The number of benzene rings is 2. The highest BCUT2D eigenvalue weighted by Gasteiger charge is 2.39. The molecule has 138 valence electrons. The van der Waals surface area contributed by atoms with E-state index in [0.29, 0.717) is 0 Å². The third-order valence-electron chi connectivity index (χ3n) is 5.57. The number of nitrogens with one attached hydrogen (secondary N) is 1. The van der Waals surface area contributed by atoms with Crippen LogP contribution in [0.25, 0.3) is 10.9 Å². The standard InChI is InChI=1S/C23H23ClN2O/c24-19-9-6-7-17(13-19)15-23(11-4-1-5-12-23)22(27)26-20-14-18-8-2-3-10-21(18)25-16-20/h2-3,6-10,13-14,16H,1,4-5,11-12,15H2,(H,26,27). The van der Waals surface area contributed by atoms with Gasteiger partial charge in [0.25, 0.3) is 0 Å². The first-order valence-electron chi connectivity index (χ1n) is 9.55. The Morgan fingerprint density at radius 3 is 2.67 bits per heavy atom. The summed E-state index contributed by atoms with van der Waals surface area (Å²) < 4.78 is 0. The van der Waals surface area contributed by atoms with E-state index in [4.69, 9.17) is 11.6 Å². The van der Waals surface area contributed by atoms with Crippen molar-refractivity contribution >= 4 is 34.1 Å². The number of rotatable bonds is 4. The number of hydrogen-bond acceptors (Lipinski definition) is 2. The van der Waals surface area contributed by atoms with E-state index in [1.165, 1.54) is 6.42 Å². The minimum atomic E-state index is -0.380. The minimum Gasteiger partial charge on any atom is -0.324 e.